The maximum atomic E-state index is 11.6. The van der Waals surface area contributed by atoms with Crippen molar-refractivity contribution in [3.63, 3.8) is 0 Å². The lowest BCUT2D eigenvalue weighted by Gasteiger charge is -2.14. The van der Waals surface area contributed by atoms with Crippen LogP contribution in [-0.4, -0.2) is 31.6 Å². The smallest absolute Gasteiger partial charge is 0.328 e. The average Bonchev–Trinajstić information content (AvgIpc) is 2.43. The topological polar surface area (TPSA) is 93.7 Å². The third kappa shape index (κ3) is 3.19. The van der Waals surface area contributed by atoms with Crippen molar-refractivity contribution in [1.29, 1.82) is 0 Å². The molecule has 1 aromatic carbocycles. The minimum Gasteiger partial charge on any atom is -0.493 e. The van der Waals surface area contributed by atoms with Gasteiger partial charge in [0.05, 0.1) is 13.7 Å². The lowest BCUT2D eigenvalue weighted by molar-refractivity contribution is -0.123. The van der Waals surface area contributed by atoms with E-state index < -0.39 is 17.8 Å². The molecule has 2 rings (SSSR count). The van der Waals surface area contributed by atoms with Gasteiger partial charge in [-0.2, -0.15) is 0 Å². The van der Waals surface area contributed by atoms with Crippen molar-refractivity contribution < 1.29 is 23.9 Å². The first-order valence-corrected chi connectivity index (χ1v) is 6.24. The Morgan fingerprint density at radius 3 is 2.33 bits per heavy atom. The number of hydrogen-bond acceptors (Lipinski definition) is 5. The van der Waals surface area contributed by atoms with Gasteiger partial charge in [-0.05, 0) is 30.7 Å². The summed E-state index contributed by atoms with van der Waals surface area (Å²) in [6.07, 6.45) is 1.37. The van der Waals surface area contributed by atoms with E-state index in [1.165, 1.54) is 13.2 Å². The molecule has 0 atom stereocenters. The van der Waals surface area contributed by atoms with Crippen molar-refractivity contribution in [3.8, 4) is 11.5 Å². The fourth-order valence-corrected chi connectivity index (χ4v) is 1.82. The van der Waals surface area contributed by atoms with Crippen LogP contribution in [-0.2, 0) is 9.59 Å². The standard InChI is InChI=1S/C14H14N2O5/c1-3-21-11-7-8(4-5-10(11)20-2)6-9-12(17)15-14(19)16-13(9)18/h4-7H,3H2,1-2H3,(H2,15,16,17,18,19). The third-order valence-corrected chi connectivity index (χ3v) is 2.74. The van der Waals surface area contributed by atoms with Crippen LogP contribution in [0.15, 0.2) is 23.8 Å². The van der Waals surface area contributed by atoms with Gasteiger partial charge in [-0.3, -0.25) is 20.2 Å². The SMILES string of the molecule is CCOc1cc(C=C2C(=O)NC(=O)NC2=O)ccc1OC. The number of ether oxygens (including phenoxy) is 2. The van der Waals surface area contributed by atoms with Crippen LogP contribution in [0.25, 0.3) is 6.08 Å². The van der Waals surface area contributed by atoms with Crippen LogP contribution in [0, 0.1) is 0 Å². The van der Waals surface area contributed by atoms with Crippen LogP contribution < -0.4 is 20.1 Å². The largest absolute Gasteiger partial charge is 0.493 e. The van der Waals surface area contributed by atoms with Gasteiger partial charge in [0.15, 0.2) is 11.5 Å². The molecule has 1 aliphatic heterocycles. The first-order valence-electron chi connectivity index (χ1n) is 6.24. The van der Waals surface area contributed by atoms with Crippen molar-refractivity contribution in [1.82, 2.24) is 10.6 Å². The Morgan fingerprint density at radius 1 is 1.10 bits per heavy atom. The predicted molar refractivity (Wildman–Crippen MR) is 73.8 cm³/mol. The lowest BCUT2D eigenvalue weighted by atomic mass is 10.1. The Morgan fingerprint density at radius 2 is 1.76 bits per heavy atom. The van der Waals surface area contributed by atoms with E-state index >= 15 is 0 Å². The van der Waals surface area contributed by atoms with Gasteiger partial charge in [0, 0.05) is 0 Å². The molecule has 0 radical (unpaired) electrons. The summed E-state index contributed by atoms with van der Waals surface area (Å²) in [5, 5.41) is 4.02. The average molecular weight is 290 g/mol. The molecule has 110 valence electrons. The highest BCUT2D eigenvalue weighted by Crippen LogP contribution is 2.29. The fraction of sp³-hybridized carbons (Fsp3) is 0.214. The van der Waals surface area contributed by atoms with Crippen molar-refractivity contribution >= 4 is 23.9 Å². The lowest BCUT2D eigenvalue weighted by Crippen LogP contribution is -2.51. The minimum atomic E-state index is -0.827. The van der Waals surface area contributed by atoms with Gasteiger partial charge in [-0.25, -0.2) is 4.79 Å². The number of benzene rings is 1. The molecule has 7 heteroatoms. The predicted octanol–water partition coefficient (Wildman–Crippen LogP) is 0.843. The van der Waals surface area contributed by atoms with Crippen molar-refractivity contribution in [2.75, 3.05) is 13.7 Å². The summed E-state index contributed by atoms with van der Waals surface area (Å²) in [4.78, 5) is 34.2. The Hall–Kier alpha value is -2.83. The minimum absolute atomic E-state index is 0.151. The Labute approximate surface area is 120 Å². The number of amides is 4. The maximum Gasteiger partial charge on any atom is 0.328 e. The number of carbonyl (C=O) groups is 3. The molecule has 7 nitrogen and oxygen atoms in total. The molecule has 0 bridgehead atoms. The molecule has 1 saturated heterocycles. The van der Waals surface area contributed by atoms with E-state index in [9.17, 15) is 14.4 Å². The van der Waals surface area contributed by atoms with Crippen LogP contribution in [0.4, 0.5) is 4.79 Å². The van der Waals surface area contributed by atoms with Gasteiger partial charge in [0.25, 0.3) is 11.8 Å². The van der Waals surface area contributed by atoms with E-state index in [-0.39, 0.29) is 5.57 Å². The van der Waals surface area contributed by atoms with Crippen LogP contribution in [0.3, 0.4) is 0 Å². The fourth-order valence-electron chi connectivity index (χ4n) is 1.82. The maximum absolute atomic E-state index is 11.6. The second-order valence-corrected chi connectivity index (χ2v) is 4.14. The van der Waals surface area contributed by atoms with Crippen molar-refractivity contribution in [3.05, 3.63) is 29.3 Å². The van der Waals surface area contributed by atoms with E-state index in [0.717, 1.165) is 0 Å². The van der Waals surface area contributed by atoms with E-state index in [0.29, 0.717) is 23.7 Å². The molecule has 2 N–H and O–H groups in total. The molecule has 0 aliphatic carbocycles. The number of barbiturate groups is 1. The molecular weight excluding hydrogens is 276 g/mol. The van der Waals surface area contributed by atoms with Gasteiger partial charge in [0.1, 0.15) is 5.57 Å². The zero-order valence-corrected chi connectivity index (χ0v) is 11.6. The van der Waals surface area contributed by atoms with E-state index in [4.69, 9.17) is 9.47 Å². The number of urea groups is 1. The van der Waals surface area contributed by atoms with Gasteiger partial charge >= 0.3 is 6.03 Å². The van der Waals surface area contributed by atoms with E-state index in [2.05, 4.69) is 0 Å². The summed E-state index contributed by atoms with van der Waals surface area (Å²) in [5.74, 6) is -0.427. The van der Waals surface area contributed by atoms with Crippen LogP contribution in [0.1, 0.15) is 12.5 Å². The third-order valence-electron chi connectivity index (χ3n) is 2.74. The molecule has 0 unspecified atom stereocenters. The highest BCUT2D eigenvalue weighted by Gasteiger charge is 2.27. The molecule has 1 aliphatic rings. The van der Waals surface area contributed by atoms with Gasteiger partial charge in [-0.1, -0.05) is 6.07 Å². The molecule has 21 heavy (non-hydrogen) atoms. The second kappa shape index (κ2) is 6.08. The molecule has 1 heterocycles. The van der Waals surface area contributed by atoms with Gasteiger partial charge in [0.2, 0.25) is 0 Å². The molecule has 4 amide bonds. The summed E-state index contributed by atoms with van der Waals surface area (Å²) in [7, 11) is 1.52. The molecule has 0 spiro atoms. The summed E-state index contributed by atoms with van der Waals surface area (Å²) >= 11 is 0. The number of methoxy groups -OCH3 is 1. The normalized spacial score (nSPS) is 14.4. The van der Waals surface area contributed by atoms with Gasteiger partial charge in [-0.15, -0.1) is 0 Å². The molecule has 1 aromatic rings. The van der Waals surface area contributed by atoms with Crippen molar-refractivity contribution in [2.45, 2.75) is 6.92 Å². The molecular formula is C14H14N2O5. The van der Waals surface area contributed by atoms with Crippen LogP contribution >= 0.6 is 0 Å². The number of rotatable bonds is 4. The van der Waals surface area contributed by atoms with E-state index in [1.54, 1.807) is 18.2 Å². The Balaban J connectivity index is 2.36. The Bertz CT molecular complexity index is 614. The summed E-state index contributed by atoms with van der Waals surface area (Å²) < 4.78 is 10.6. The highest BCUT2D eigenvalue weighted by atomic mass is 16.5. The molecule has 0 saturated carbocycles. The first kappa shape index (κ1) is 14.6. The van der Waals surface area contributed by atoms with Crippen molar-refractivity contribution in [2.24, 2.45) is 0 Å². The summed E-state index contributed by atoms with van der Waals surface area (Å²) in [6, 6.07) is 4.16. The summed E-state index contributed by atoms with van der Waals surface area (Å²) in [6.45, 7) is 2.28. The van der Waals surface area contributed by atoms with Gasteiger partial charge < -0.3 is 9.47 Å². The highest BCUT2D eigenvalue weighted by molar-refractivity contribution is 6.31. The number of hydrogen-bond donors (Lipinski definition) is 2. The monoisotopic (exact) mass is 290 g/mol. The number of nitrogens with one attached hydrogen (secondary N) is 2. The van der Waals surface area contributed by atoms with E-state index in [1.807, 2.05) is 17.6 Å². The van der Waals surface area contributed by atoms with Crippen LogP contribution in [0.2, 0.25) is 0 Å². The quantitative estimate of drug-likeness (QED) is 0.633. The number of imide groups is 2. The molecule has 1 fully saturated rings. The second-order valence-electron chi connectivity index (χ2n) is 4.14. The zero-order valence-electron chi connectivity index (χ0n) is 11.6. The summed E-state index contributed by atoms with van der Waals surface area (Å²) in [5.41, 5.74) is 0.427. The Kier molecular flexibility index (Phi) is 4.22. The van der Waals surface area contributed by atoms with Crippen LogP contribution in [0.5, 0.6) is 11.5 Å². The molecule has 0 aromatic heterocycles. The zero-order chi connectivity index (χ0) is 15.4. The number of carbonyl (C=O) groups excluding carboxylic acids is 3. The first-order chi connectivity index (χ1) is 10.0.